The number of nitrogens with one attached hydrogen (secondary N) is 1. The first-order valence-corrected chi connectivity index (χ1v) is 6.29. The Labute approximate surface area is 102 Å². The smallest absolute Gasteiger partial charge is 0.157 e. The van der Waals surface area contributed by atoms with E-state index < -0.39 is 0 Å². The van der Waals surface area contributed by atoms with Gasteiger partial charge in [-0.3, -0.25) is 4.79 Å². The van der Waals surface area contributed by atoms with Gasteiger partial charge in [-0.1, -0.05) is 13.8 Å². The van der Waals surface area contributed by atoms with Crippen molar-refractivity contribution in [2.24, 2.45) is 5.92 Å². The summed E-state index contributed by atoms with van der Waals surface area (Å²) in [7, 11) is 0. The maximum Gasteiger partial charge on any atom is 0.157 e. The Hall–Kier alpha value is -1.23. The second kappa shape index (κ2) is 5.40. The van der Waals surface area contributed by atoms with Crippen LogP contribution in [0, 0.1) is 5.92 Å². The van der Waals surface area contributed by atoms with Gasteiger partial charge in [0.1, 0.15) is 12.2 Å². The molecule has 1 N–H and O–H groups in total. The molecular weight excluding hydrogens is 216 g/mol. The van der Waals surface area contributed by atoms with Gasteiger partial charge >= 0.3 is 0 Å². The van der Waals surface area contributed by atoms with E-state index in [0.29, 0.717) is 12.3 Å². The van der Waals surface area contributed by atoms with Crippen LogP contribution in [0.3, 0.4) is 0 Å². The summed E-state index contributed by atoms with van der Waals surface area (Å²) in [4.78, 5) is 16.2. The number of hydrogen-bond donors (Lipinski definition) is 1. The van der Waals surface area contributed by atoms with E-state index in [4.69, 9.17) is 0 Å². The van der Waals surface area contributed by atoms with Crippen molar-refractivity contribution in [1.82, 2.24) is 20.1 Å². The van der Waals surface area contributed by atoms with E-state index in [2.05, 4.69) is 29.2 Å². The fraction of sp³-hybridized carbons (Fsp3) is 0.750. The van der Waals surface area contributed by atoms with Gasteiger partial charge in [-0.15, -0.1) is 0 Å². The molecule has 0 bridgehead atoms. The summed E-state index contributed by atoms with van der Waals surface area (Å²) in [6.45, 7) is 6.04. The highest BCUT2D eigenvalue weighted by atomic mass is 16.1. The zero-order valence-electron chi connectivity index (χ0n) is 10.5. The topological polar surface area (TPSA) is 59.8 Å². The third-order valence-electron chi connectivity index (χ3n) is 3.02. The lowest BCUT2D eigenvalue weighted by Crippen LogP contribution is -2.32. The number of hydrogen-bond acceptors (Lipinski definition) is 4. The number of nitrogens with zero attached hydrogens (tertiary/aromatic N) is 3. The molecule has 0 radical (unpaired) electrons. The van der Waals surface area contributed by atoms with E-state index >= 15 is 0 Å². The average Bonchev–Trinajstić information content (AvgIpc) is 2.89. The molecule has 94 valence electrons. The van der Waals surface area contributed by atoms with E-state index in [1.807, 2.05) is 4.68 Å². The minimum Gasteiger partial charge on any atom is -0.307 e. The predicted molar refractivity (Wildman–Crippen MR) is 64.6 cm³/mol. The Bertz CT molecular complexity index is 380. The van der Waals surface area contributed by atoms with Gasteiger partial charge in [-0.05, 0) is 25.3 Å². The summed E-state index contributed by atoms with van der Waals surface area (Å²) in [5, 5.41) is 7.39. The molecule has 1 atom stereocenters. The minimum absolute atomic E-state index is 0.0270. The molecule has 0 spiro atoms. The molecule has 2 heterocycles. The summed E-state index contributed by atoms with van der Waals surface area (Å²) >= 11 is 0. The highest BCUT2D eigenvalue weighted by Gasteiger charge is 2.23. The van der Waals surface area contributed by atoms with Gasteiger partial charge in [0, 0.05) is 6.54 Å². The number of carbonyl (C=O) groups is 1. The lowest BCUT2D eigenvalue weighted by molar-refractivity contribution is -0.120. The summed E-state index contributed by atoms with van der Waals surface area (Å²) in [5.74, 6) is 1.54. The van der Waals surface area contributed by atoms with Crippen LogP contribution in [-0.4, -0.2) is 33.1 Å². The molecule has 17 heavy (non-hydrogen) atoms. The van der Waals surface area contributed by atoms with Gasteiger partial charge in [0.15, 0.2) is 5.78 Å². The van der Waals surface area contributed by atoms with Crippen LogP contribution >= 0.6 is 0 Å². The maximum atomic E-state index is 12.0. The molecule has 5 nitrogen and oxygen atoms in total. The summed E-state index contributed by atoms with van der Waals surface area (Å²) < 4.78 is 1.84. The van der Waals surface area contributed by atoms with Crippen molar-refractivity contribution in [2.45, 2.75) is 45.7 Å². The third-order valence-corrected chi connectivity index (χ3v) is 3.02. The van der Waals surface area contributed by atoms with E-state index in [1.54, 1.807) is 0 Å². The summed E-state index contributed by atoms with van der Waals surface area (Å²) in [5.41, 5.74) is 0. The Kier molecular flexibility index (Phi) is 3.89. The van der Waals surface area contributed by atoms with Crippen molar-refractivity contribution in [1.29, 1.82) is 0 Å². The monoisotopic (exact) mass is 236 g/mol. The SMILES string of the molecule is CC(C)Cn1ncnc1CC(=O)C1CCCN1. The van der Waals surface area contributed by atoms with Crippen molar-refractivity contribution in [3.63, 3.8) is 0 Å². The van der Waals surface area contributed by atoms with Gasteiger partial charge in [0.25, 0.3) is 0 Å². The second-order valence-corrected chi connectivity index (χ2v) is 5.04. The molecule has 1 aromatic rings. The minimum atomic E-state index is 0.0270. The molecule has 0 saturated carbocycles. The Morgan fingerprint density at radius 2 is 2.47 bits per heavy atom. The summed E-state index contributed by atoms with van der Waals surface area (Å²) in [6.07, 6.45) is 3.98. The van der Waals surface area contributed by atoms with Gasteiger partial charge in [-0.25, -0.2) is 9.67 Å². The van der Waals surface area contributed by atoms with Gasteiger partial charge in [-0.2, -0.15) is 5.10 Å². The standard InChI is InChI=1S/C12H20N4O/c1-9(2)7-16-12(14-8-15-16)6-11(17)10-4-3-5-13-10/h8-10,13H,3-7H2,1-2H3. The lowest BCUT2D eigenvalue weighted by Gasteiger charge is -2.10. The molecule has 0 aromatic carbocycles. The normalized spacial score (nSPS) is 20.1. The fourth-order valence-electron chi connectivity index (χ4n) is 2.16. The molecule has 1 aliphatic heterocycles. The first kappa shape index (κ1) is 12.2. The van der Waals surface area contributed by atoms with Crippen LogP contribution in [0.1, 0.15) is 32.5 Å². The number of Topliss-reactive ketones (excluding diaryl/α,β-unsaturated/α-hetero) is 1. The maximum absolute atomic E-state index is 12.0. The van der Waals surface area contributed by atoms with Gasteiger partial charge < -0.3 is 5.32 Å². The van der Waals surface area contributed by atoms with Crippen molar-refractivity contribution in [2.75, 3.05) is 6.54 Å². The first-order chi connectivity index (χ1) is 8.16. The number of aromatic nitrogens is 3. The molecule has 1 saturated heterocycles. The van der Waals surface area contributed by atoms with E-state index in [1.165, 1.54) is 6.33 Å². The molecule has 2 rings (SSSR count). The molecule has 1 unspecified atom stereocenters. The van der Waals surface area contributed by atoms with Crippen molar-refractivity contribution in [3.8, 4) is 0 Å². The van der Waals surface area contributed by atoms with Crippen molar-refractivity contribution in [3.05, 3.63) is 12.2 Å². The number of ketones is 1. The zero-order valence-corrected chi connectivity index (χ0v) is 10.5. The lowest BCUT2D eigenvalue weighted by atomic mass is 10.1. The predicted octanol–water partition coefficient (Wildman–Crippen LogP) is 0.798. The first-order valence-electron chi connectivity index (χ1n) is 6.29. The summed E-state index contributed by atoms with van der Waals surface area (Å²) in [6, 6.07) is 0.0270. The van der Waals surface area contributed by atoms with Crippen LogP contribution in [0.25, 0.3) is 0 Å². The van der Waals surface area contributed by atoms with Gasteiger partial charge in [0.2, 0.25) is 0 Å². The van der Waals surface area contributed by atoms with Crippen LogP contribution in [0.4, 0.5) is 0 Å². The van der Waals surface area contributed by atoms with Crippen LogP contribution in [0.15, 0.2) is 6.33 Å². The quantitative estimate of drug-likeness (QED) is 0.821. The Morgan fingerprint density at radius 1 is 1.65 bits per heavy atom. The van der Waals surface area contributed by atoms with Crippen LogP contribution in [0.2, 0.25) is 0 Å². The van der Waals surface area contributed by atoms with Crippen LogP contribution in [0.5, 0.6) is 0 Å². The average molecular weight is 236 g/mol. The van der Waals surface area contributed by atoms with Crippen molar-refractivity contribution >= 4 is 5.78 Å². The molecule has 1 aliphatic rings. The molecule has 5 heteroatoms. The molecule has 1 aromatic heterocycles. The Morgan fingerprint density at radius 3 is 3.12 bits per heavy atom. The number of rotatable bonds is 5. The van der Waals surface area contributed by atoms with Gasteiger partial charge in [0.05, 0.1) is 12.5 Å². The largest absolute Gasteiger partial charge is 0.307 e. The zero-order chi connectivity index (χ0) is 12.3. The molecule has 0 amide bonds. The van der Waals surface area contributed by atoms with E-state index in [-0.39, 0.29) is 11.8 Å². The molecule has 1 fully saturated rings. The van der Waals surface area contributed by atoms with Crippen LogP contribution < -0.4 is 5.32 Å². The number of carbonyl (C=O) groups excluding carboxylic acids is 1. The highest BCUT2D eigenvalue weighted by Crippen LogP contribution is 2.09. The Balaban J connectivity index is 1.97. The molecular formula is C12H20N4O. The third kappa shape index (κ3) is 3.12. The highest BCUT2D eigenvalue weighted by molar-refractivity contribution is 5.85. The van der Waals surface area contributed by atoms with E-state index in [0.717, 1.165) is 31.8 Å². The molecule has 0 aliphatic carbocycles. The second-order valence-electron chi connectivity index (χ2n) is 5.04. The van der Waals surface area contributed by atoms with Crippen molar-refractivity contribution < 1.29 is 4.79 Å². The van der Waals surface area contributed by atoms with Crippen LogP contribution in [-0.2, 0) is 17.8 Å². The fourth-order valence-corrected chi connectivity index (χ4v) is 2.16. The van der Waals surface area contributed by atoms with E-state index in [9.17, 15) is 4.79 Å².